The molecule has 0 radical (unpaired) electrons. The first kappa shape index (κ1) is 11.5. The van der Waals surface area contributed by atoms with Gasteiger partial charge < -0.3 is 11.1 Å². The van der Waals surface area contributed by atoms with E-state index in [1.54, 1.807) is 11.3 Å². The Kier molecular flexibility index (Phi) is 4.41. The van der Waals surface area contributed by atoms with Gasteiger partial charge in [0.1, 0.15) is 0 Å². The van der Waals surface area contributed by atoms with Crippen LogP contribution in [0.25, 0.3) is 0 Å². The Morgan fingerprint density at radius 3 is 2.86 bits per heavy atom. The Hall–Kier alpha value is -0.550. The summed E-state index contributed by atoms with van der Waals surface area (Å²) in [6, 6.07) is 4.39. The van der Waals surface area contributed by atoms with Crippen molar-refractivity contribution in [3.8, 4) is 0 Å². The summed E-state index contributed by atoms with van der Waals surface area (Å²) < 4.78 is 1.12. The third kappa shape index (κ3) is 4.11. The van der Waals surface area contributed by atoms with Gasteiger partial charge in [-0.2, -0.15) is 0 Å². The van der Waals surface area contributed by atoms with Gasteiger partial charge in [0.05, 0.1) is 10.3 Å². The summed E-state index contributed by atoms with van der Waals surface area (Å²) in [5.41, 5.74) is 5.66. The third-order valence-electron chi connectivity index (χ3n) is 1.47. The molecule has 0 atom stereocenters. The molecule has 0 unspecified atom stereocenters. The summed E-state index contributed by atoms with van der Waals surface area (Å²) in [4.78, 5) is 5.42. The highest BCUT2D eigenvalue weighted by molar-refractivity contribution is 9.11. The molecule has 1 aromatic rings. The lowest BCUT2D eigenvalue weighted by Crippen LogP contribution is -2.36. The highest BCUT2D eigenvalue weighted by Crippen LogP contribution is 2.22. The topological polar surface area (TPSA) is 50.4 Å². The van der Waals surface area contributed by atoms with Crippen LogP contribution in [0.1, 0.15) is 18.7 Å². The second kappa shape index (κ2) is 5.36. The van der Waals surface area contributed by atoms with Gasteiger partial charge in [0.25, 0.3) is 0 Å². The highest BCUT2D eigenvalue weighted by atomic mass is 79.9. The van der Waals surface area contributed by atoms with Crippen LogP contribution in [-0.4, -0.2) is 12.0 Å². The van der Waals surface area contributed by atoms with Gasteiger partial charge in [-0.3, -0.25) is 0 Å². The van der Waals surface area contributed by atoms with E-state index in [9.17, 15) is 0 Å². The monoisotopic (exact) mass is 275 g/mol. The lowest BCUT2D eigenvalue weighted by atomic mass is 10.4. The molecule has 14 heavy (non-hydrogen) atoms. The number of halogens is 1. The molecule has 0 saturated carbocycles. The molecule has 1 heterocycles. The Bertz CT molecular complexity index is 320. The Morgan fingerprint density at radius 1 is 1.64 bits per heavy atom. The number of nitrogens with two attached hydrogens (primary N) is 1. The third-order valence-corrected chi connectivity index (χ3v) is 3.08. The molecule has 3 nitrogen and oxygen atoms in total. The van der Waals surface area contributed by atoms with E-state index >= 15 is 0 Å². The minimum atomic E-state index is 0.328. The van der Waals surface area contributed by atoms with Crippen LogP contribution in [-0.2, 0) is 6.54 Å². The molecule has 0 fully saturated rings. The van der Waals surface area contributed by atoms with Crippen LogP contribution in [0.2, 0.25) is 0 Å². The van der Waals surface area contributed by atoms with Crippen LogP contribution in [0.15, 0.2) is 20.9 Å². The molecule has 0 aliphatic carbocycles. The van der Waals surface area contributed by atoms with Crippen molar-refractivity contribution in [1.82, 2.24) is 5.32 Å². The van der Waals surface area contributed by atoms with E-state index in [4.69, 9.17) is 5.73 Å². The van der Waals surface area contributed by atoms with Crippen LogP contribution in [0.4, 0.5) is 0 Å². The van der Waals surface area contributed by atoms with Crippen molar-refractivity contribution in [2.75, 3.05) is 0 Å². The maximum Gasteiger partial charge on any atom is 0.189 e. The molecular formula is C9H14BrN3S. The second-order valence-electron chi connectivity index (χ2n) is 3.21. The average Bonchev–Trinajstić information content (AvgIpc) is 2.47. The normalized spacial score (nSPS) is 12.1. The largest absolute Gasteiger partial charge is 0.370 e. The zero-order valence-electron chi connectivity index (χ0n) is 8.25. The molecule has 3 N–H and O–H groups in total. The maximum absolute atomic E-state index is 5.66. The Morgan fingerprint density at radius 2 is 2.36 bits per heavy atom. The van der Waals surface area contributed by atoms with E-state index in [1.165, 1.54) is 4.88 Å². The van der Waals surface area contributed by atoms with E-state index in [-0.39, 0.29) is 0 Å². The Balaban J connectivity index is 2.46. The molecule has 0 aliphatic heterocycles. The van der Waals surface area contributed by atoms with Crippen LogP contribution < -0.4 is 11.1 Å². The number of guanidine groups is 1. The first-order valence-corrected chi connectivity index (χ1v) is 5.99. The predicted octanol–water partition coefficient (Wildman–Crippen LogP) is 2.32. The summed E-state index contributed by atoms with van der Waals surface area (Å²) in [7, 11) is 0. The molecular weight excluding hydrogens is 262 g/mol. The quantitative estimate of drug-likeness (QED) is 0.657. The minimum Gasteiger partial charge on any atom is -0.370 e. The molecule has 1 aromatic heterocycles. The van der Waals surface area contributed by atoms with Crippen molar-refractivity contribution in [1.29, 1.82) is 0 Å². The van der Waals surface area contributed by atoms with E-state index < -0.39 is 0 Å². The summed E-state index contributed by atoms with van der Waals surface area (Å²) >= 11 is 5.08. The molecule has 0 spiro atoms. The van der Waals surface area contributed by atoms with Gasteiger partial charge in [0.2, 0.25) is 0 Å². The first-order valence-electron chi connectivity index (χ1n) is 4.38. The van der Waals surface area contributed by atoms with Crippen molar-refractivity contribution in [2.24, 2.45) is 10.7 Å². The average molecular weight is 276 g/mol. The number of thiophene rings is 1. The van der Waals surface area contributed by atoms with Crippen molar-refractivity contribution in [3.63, 3.8) is 0 Å². The molecule has 0 amide bonds. The SMILES string of the molecule is CC(C)NC(N)=NCc1ccc(Br)s1. The number of hydrogen-bond donors (Lipinski definition) is 2. The summed E-state index contributed by atoms with van der Waals surface area (Å²) in [6.45, 7) is 4.70. The van der Waals surface area contributed by atoms with Crippen LogP contribution >= 0.6 is 27.3 Å². The number of rotatable bonds is 3. The highest BCUT2D eigenvalue weighted by Gasteiger charge is 1.98. The van der Waals surface area contributed by atoms with E-state index in [0.29, 0.717) is 18.5 Å². The predicted molar refractivity (Wildman–Crippen MR) is 65.6 cm³/mol. The van der Waals surface area contributed by atoms with Gasteiger partial charge in [-0.25, -0.2) is 4.99 Å². The van der Waals surface area contributed by atoms with Gasteiger partial charge >= 0.3 is 0 Å². The molecule has 78 valence electrons. The smallest absolute Gasteiger partial charge is 0.189 e. The van der Waals surface area contributed by atoms with Crippen molar-refractivity contribution in [3.05, 3.63) is 20.8 Å². The second-order valence-corrected chi connectivity index (χ2v) is 5.75. The van der Waals surface area contributed by atoms with E-state index in [1.807, 2.05) is 26.0 Å². The number of hydrogen-bond acceptors (Lipinski definition) is 2. The molecule has 5 heteroatoms. The number of nitrogens with zero attached hydrogens (tertiary/aromatic N) is 1. The van der Waals surface area contributed by atoms with Gasteiger partial charge in [0.15, 0.2) is 5.96 Å². The molecule has 0 aliphatic rings. The van der Waals surface area contributed by atoms with Crippen molar-refractivity contribution >= 4 is 33.2 Å². The molecule has 0 saturated heterocycles. The fourth-order valence-electron chi connectivity index (χ4n) is 0.941. The van der Waals surface area contributed by atoms with E-state index in [0.717, 1.165) is 3.79 Å². The van der Waals surface area contributed by atoms with Gasteiger partial charge in [-0.15, -0.1) is 11.3 Å². The van der Waals surface area contributed by atoms with Crippen LogP contribution in [0.5, 0.6) is 0 Å². The Labute approximate surface area is 96.5 Å². The van der Waals surface area contributed by atoms with Crippen LogP contribution in [0.3, 0.4) is 0 Å². The molecule has 0 bridgehead atoms. The fraction of sp³-hybridized carbons (Fsp3) is 0.444. The summed E-state index contributed by atoms with van der Waals surface area (Å²) in [5.74, 6) is 0.504. The number of aliphatic imine (C=N–C) groups is 1. The fourth-order valence-corrected chi connectivity index (χ4v) is 2.35. The lowest BCUT2D eigenvalue weighted by Gasteiger charge is -2.07. The summed E-state index contributed by atoms with van der Waals surface area (Å²) in [5, 5.41) is 3.04. The number of nitrogens with one attached hydrogen (secondary N) is 1. The maximum atomic E-state index is 5.66. The zero-order valence-corrected chi connectivity index (χ0v) is 10.7. The molecule has 0 aromatic carbocycles. The van der Waals surface area contributed by atoms with Crippen LogP contribution in [0, 0.1) is 0 Å². The minimum absolute atomic E-state index is 0.328. The van der Waals surface area contributed by atoms with Gasteiger partial charge in [-0.1, -0.05) is 0 Å². The summed E-state index contributed by atoms with van der Waals surface area (Å²) in [6.07, 6.45) is 0. The lowest BCUT2D eigenvalue weighted by molar-refractivity contribution is 0.724. The van der Waals surface area contributed by atoms with Gasteiger partial charge in [0, 0.05) is 10.9 Å². The van der Waals surface area contributed by atoms with Crippen molar-refractivity contribution < 1.29 is 0 Å². The first-order chi connectivity index (χ1) is 6.58. The van der Waals surface area contributed by atoms with Gasteiger partial charge in [-0.05, 0) is 41.9 Å². The molecule has 1 rings (SSSR count). The standard InChI is InChI=1S/C9H14BrN3S/c1-6(2)13-9(11)12-5-7-3-4-8(10)14-7/h3-4,6H,5H2,1-2H3,(H3,11,12,13). The van der Waals surface area contributed by atoms with E-state index in [2.05, 4.69) is 26.2 Å². The van der Waals surface area contributed by atoms with Crippen molar-refractivity contribution in [2.45, 2.75) is 26.4 Å². The zero-order chi connectivity index (χ0) is 10.6.